The Balaban J connectivity index is 2.21. The predicted molar refractivity (Wildman–Crippen MR) is 47.6 cm³/mol. The molecule has 0 bridgehead atoms. The van der Waals surface area contributed by atoms with Crippen molar-refractivity contribution in [3.05, 3.63) is 11.7 Å². The number of hydrogen-bond donors (Lipinski definition) is 1. The van der Waals surface area contributed by atoms with E-state index >= 15 is 0 Å². The van der Waals surface area contributed by atoms with Crippen molar-refractivity contribution in [1.82, 2.24) is 15.5 Å². The topological polar surface area (TPSA) is 60.2 Å². The number of ether oxygens (including phenoxy) is 1. The van der Waals surface area contributed by atoms with Crippen LogP contribution in [0.25, 0.3) is 0 Å². The molecule has 0 fully saturated rings. The highest BCUT2D eigenvalue weighted by molar-refractivity contribution is 4.85. The molecule has 5 nitrogen and oxygen atoms in total. The summed E-state index contributed by atoms with van der Waals surface area (Å²) in [5.41, 5.74) is 0. The van der Waals surface area contributed by atoms with Crippen LogP contribution in [-0.4, -0.2) is 36.6 Å². The molecular formula is C8H12F3N3O2. The summed E-state index contributed by atoms with van der Waals surface area (Å²) in [4.78, 5) is 3.93. The summed E-state index contributed by atoms with van der Waals surface area (Å²) < 4.78 is 44.3. The van der Waals surface area contributed by atoms with Gasteiger partial charge in [0.05, 0.1) is 19.6 Å². The third-order valence-corrected chi connectivity index (χ3v) is 1.57. The van der Waals surface area contributed by atoms with Crippen LogP contribution in [0.15, 0.2) is 4.52 Å². The van der Waals surface area contributed by atoms with Gasteiger partial charge in [-0.05, 0) is 7.05 Å². The fourth-order valence-corrected chi connectivity index (χ4v) is 0.969. The number of aromatic nitrogens is 2. The average molecular weight is 239 g/mol. The van der Waals surface area contributed by atoms with Gasteiger partial charge in [0, 0.05) is 0 Å². The van der Waals surface area contributed by atoms with E-state index in [-0.39, 0.29) is 18.9 Å². The fourth-order valence-electron chi connectivity index (χ4n) is 0.969. The van der Waals surface area contributed by atoms with E-state index in [0.717, 1.165) is 0 Å². The second kappa shape index (κ2) is 5.80. The van der Waals surface area contributed by atoms with E-state index in [9.17, 15) is 13.2 Å². The maximum atomic E-state index is 11.7. The van der Waals surface area contributed by atoms with Gasteiger partial charge in [0.15, 0.2) is 5.82 Å². The highest BCUT2D eigenvalue weighted by Crippen LogP contribution is 2.14. The van der Waals surface area contributed by atoms with Gasteiger partial charge in [-0.15, -0.1) is 0 Å². The first-order chi connectivity index (χ1) is 7.51. The lowest BCUT2D eigenvalue weighted by Gasteiger charge is -2.05. The number of halogens is 3. The maximum Gasteiger partial charge on any atom is 0.411 e. The molecule has 0 radical (unpaired) electrons. The summed E-state index contributed by atoms with van der Waals surface area (Å²) >= 11 is 0. The molecule has 0 unspecified atom stereocenters. The summed E-state index contributed by atoms with van der Waals surface area (Å²) in [7, 11) is 1.72. The average Bonchev–Trinajstić information content (AvgIpc) is 2.60. The van der Waals surface area contributed by atoms with Gasteiger partial charge < -0.3 is 14.6 Å². The van der Waals surface area contributed by atoms with Crippen LogP contribution in [0, 0.1) is 0 Å². The zero-order valence-corrected chi connectivity index (χ0v) is 8.67. The Morgan fingerprint density at radius 1 is 1.44 bits per heavy atom. The molecule has 0 amide bonds. The van der Waals surface area contributed by atoms with Crippen molar-refractivity contribution in [3.63, 3.8) is 0 Å². The molecule has 0 aliphatic heterocycles. The number of hydrogen-bond acceptors (Lipinski definition) is 5. The van der Waals surface area contributed by atoms with E-state index in [0.29, 0.717) is 12.4 Å². The van der Waals surface area contributed by atoms with Crippen LogP contribution in [0.4, 0.5) is 13.2 Å². The summed E-state index contributed by atoms with van der Waals surface area (Å²) in [6, 6.07) is 0. The predicted octanol–water partition coefficient (Wildman–Crippen LogP) is 0.910. The molecular weight excluding hydrogens is 227 g/mol. The zero-order chi connectivity index (χ0) is 12.0. The quantitative estimate of drug-likeness (QED) is 0.748. The Hall–Kier alpha value is -1.15. The van der Waals surface area contributed by atoms with Crippen molar-refractivity contribution < 1.29 is 22.4 Å². The zero-order valence-electron chi connectivity index (χ0n) is 8.67. The summed E-state index contributed by atoms with van der Waals surface area (Å²) in [6.07, 6.45) is -4.13. The lowest BCUT2D eigenvalue weighted by molar-refractivity contribution is -0.173. The summed E-state index contributed by atoms with van der Waals surface area (Å²) in [6.45, 7) is -0.905. The van der Waals surface area contributed by atoms with Gasteiger partial charge in [0.2, 0.25) is 5.89 Å². The number of rotatable bonds is 6. The van der Waals surface area contributed by atoms with E-state index in [1.807, 2.05) is 0 Å². The van der Waals surface area contributed by atoms with E-state index in [1.54, 1.807) is 7.05 Å². The highest BCUT2D eigenvalue weighted by atomic mass is 19.4. The molecule has 1 heterocycles. The molecule has 1 aromatic heterocycles. The highest BCUT2D eigenvalue weighted by Gasteiger charge is 2.27. The van der Waals surface area contributed by atoms with E-state index in [4.69, 9.17) is 4.52 Å². The molecule has 0 saturated heterocycles. The molecule has 0 aliphatic carbocycles. The first-order valence-corrected chi connectivity index (χ1v) is 4.62. The molecule has 0 saturated carbocycles. The standard InChI is InChI=1S/C8H12F3N3O2/c1-12-4-6-13-7(16-14-6)2-3-15-5-8(9,10)11/h12H,2-5H2,1H3. The van der Waals surface area contributed by atoms with Crippen LogP contribution < -0.4 is 5.32 Å². The lowest BCUT2D eigenvalue weighted by Crippen LogP contribution is -2.18. The van der Waals surface area contributed by atoms with Crippen molar-refractivity contribution in [2.45, 2.75) is 19.1 Å². The van der Waals surface area contributed by atoms with Gasteiger partial charge in [0.25, 0.3) is 0 Å². The molecule has 1 N–H and O–H groups in total. The number of alkyl halides is 3. The minimum atomic E-state index is -4.30. The van der Waals surface area contributed by atoms with Crippen LogP contribution in [0.5, 0.6) is 0 Å². The van der Waals surface area contributed by atoms with Crippen molar-refractivity contribution in [2.24, 2.45) is 0 Å². The van der Waals surface area contributed by atoms with Gasteiger partial charge in [-0.1, -0.05) is 5.16 Å². The minimum Gasteiger partial charge on any atom is -0.372 e. The minimum absolute atomic E-state index is 0.0965. The van der Waals surface area contributed by atoms with Crippen LogP contribution in [-0.2, 0) is 17.7 Å². The Morgan fingerprint density at radius 3 is 2.81 bits per heavy atom. The number of nitrogens with one attached hydrogen (secondary N) is 1. The Bertz CT molecular complexity index is 314. The Morgan fingerprint density at radius 2 is 2.19 bits per heavy atom. The first kappa shape index (κ1) is 12.9. The molecule has 1 aromatic rings. The van der Waals surface area contributed by atoms with Crippen molar-refractivity contribution in [3.8, 4) is 0 Å². The molecule has 92 valence electrons. The van der Waals surface area contributed by atoms with E-state index in [2.05, 4.69) is 20.2 Å². The largest absolute Gasteiger partial charge is 0.411 e. The van der Waals surface area contributed by atoms with Gasteiger partial charge >= 0.3 is 6.18 Å². The number of nitrogens with zero attached hydrogens (tertiary/aromatic N) is 2. The van der Waals surface area contributed by atoms with Gasteiger partial charge in [0.1, 0.15) is 6.61 Å². The SMILES string of the molecule is CNCc1noc(CCOCC(F)(F)F)n1. The molecule has 1 rings (SSSR count). The molecule has 0 aromatic carbocycles. The first-order valence-electron chi connectivity index (χ1n) is 4.62. The molecule has 16 heavy (non-hydrogen) atoms. The van der Waals surface area contributed by atoms with Crippen molar-refractivity contribution >= 4 is 0 Å². The molecule has 8 heteroatoms. The smallest absolute Gasteiger partial charge is 0.372 e. The van der Waals surface area contributed by atoms with Gasteiger partial charge in [-0.2, -0.15) is 18.2 Å². The van der Waals surface area contributed by atoms with E-state index in [1.165, 1.54) is 0 Å². The third-order valence-electron chi connectivity index (χ3n) is 1.57. The lowest BCUT2D eigenvalue weighted by atomic mass is 10.4. The molecule has 0 aliphatic rings. The molecule has 0 atom stereocenters. The van der Waals surface area contributed by atoms with Crippen LogP contribution in [0.2, 0.25) is 0 Å². The maximum absolute atomic E-state index is 11.7. The monoisotopic (exact) mass is 239 g/mol. The Kier molecular flexibility index (Phi) is 4.69. The van der Waals surface area contributed by atoms with Gasteiger partial charge in [-0.25, -0.2) is 0 Å². The second-order valence-electron chi connectivity index (χ2n) is 3.05. The summed E-state index contributed by atoms with van der Waals surface area (Å²) in [5.74, 6) is 0.737. The van der Waals surface area contributed by atoms with E-state index < -0.39 is 12.8 Å². The van der Waals surface area contributed by atoms with Crippen LogP contribution in [0.1, 0.15) is 11.7 Å². The summed E-state index contributed by atoms with van der Waals surface area (Å²) in [5, 5.41) is 6.43. The second-order valence-corrected chi connectivity index (χ2v) is 3.05. The Labute approximate surface area is 90.0 Å². The van der Waals surface area contributed by atoms with Crippen LogP contribution >= 0.6 is 0 Å². The fraction of sp³-hybridized carbons (Fsp3) is 0.750. The van der Waals surface area contributed by atoms with Crippen molar-refractivity contribution in [1.29, 1.82) is 0 Å². The normalized spacial score (nSPS) is 12.0. The van der Waals surface area contributed by atoms with Crippen molar-refractivity contribution in [2.75, 3.05) is 20.3 Å². The van der Waals surface area contributed by atoms with Gasteiger partial charge in [-0.3, -0.25) is 0 Å². The van der Waals surface area contributed by atoms with Crippen LogP contribution in [0.3, 0.4) is 0 Å². The third kappa shape index (κ3) is 5.08. The molecule has 0 spiro atoms.